The van der Waals surface area contributed by atoms with Gasteiger partial charge in [0, 0.05) is 39.0 Å². The molecule has 1 aromatic carbocycles. The van der Waals surface area contributed by atoms with Gasteiger partial charge in [-0.1, -0.05) is 24.3 Å². The summed E-state index contributed by atoms with van der Waals surface area (Å²) in [6, 6.07) is 14.3. The molecule has 2 rings (SSSR count). The van der Waals surface area contributed by atoms with Crippen molar-refractivity contribution in [3.63, 3.8) is 0 Å². The van der Waals surface area contributed by atoms with Gasteiger partial charge in [-0.15, -0.1) is 24.0 Å². The Kier molecular flexibility index (Phi) is 9.23. The molecule has 0 spiro atoms. The van der Waals surface area contributed by atoms with Crippen LogP contribution in [0, 0.1) is 0 Å². The molecular formula is C17H23IN4O. The lowest BCUT2D eigenvalue weighted by Crippen LogP contribution is -2.38. The van der Waals surface area contributed by atoms with Crippen LogP contribution < -0.4 is 10.6 Å². The summed E-state index contributed by atoms with van der Waals surface area (Å²) in [5.74, 6) is 0.764. The van der Waals surface area contributed by atoms with E-state index in [0.717, 1.165) is 23.8 Å². The molecule has 6 heteroatoms. The summed E-state index contributed by atoms with van der Waals surface area (Å²) in [4.78, 5) is 8.56. The molecule has 0 saturated heterocycles. The highest BCUT2D eigenvalue weighted by Gasteiger charge is 2.01. The second-order valence-electron chi connectivity index (χ2n) is 4.76. The zero-order chi connectivity index (χ0) is 15.6. The molecule has 124 valence electrons. The first-order valence-corrected chi connectivity index (χ1v) is 7.27. The monoisotopic (exact) mass is 426 g/mol. The Bertz CT molecular complexity index is 605. The van der Waals surface area contributed by atoms with Crippen molar-refractivity contribution in [2.75, 3.05) is 27.3 Å². The quantitative estimate of drug-likeness (QED) is 0.323. The topological polar surface area (TPSA) is 58.5 Å². The van der Waals surface area contributed by atoms with E-state index in [1.807, 2.05) is 30.5 Å². The average molecular weight is 426 g/mol. The van der Waals surface area contributed by atoms with E-state index in [4.69, 9.17) is 4.74 Å². The van der Waals surface area contributed by atoms with Crippen LogP contribution in [0.3, 0.4) is 0 Å². The van der Waals surface area contributed by atoms with Crippen molar-refractivity contribution in [2.45, 2.75) is 6.54 Å². The smallest absolute Gasteiger partial charge is 0.191 e. The number of benzene rings is 1. The van der Waals surface area contributed by atoms with Gasteiger partial charge in [0.1, 0.15) is 0 Å². The number of hydrogen-bond acceptors (Lipinski definition) is 3. The van der Waals surface area contributed by atoms with Crippen molar-refractivity contribution in [3.05, 3.63) is 54.2 Å². The molecule has 2 aromatic rings. The highest BCUT2D eigenvalue weighted by molar-refractivity contribution is 14.0. The molecule has 0 aliphatic heterocycles. The van der Waals surface area contributed by atoms with E-state index in [1.54, 1.807) is 14.2 Å². The minimum absolute atomic E-state index is 0. The molecule has 0 amide bonds. The number of aromatic nitrogens is 1. The van der Waals surface area contributed by atoms with Gasteiger partial charge < -0.3 is 15.4 Å². The number of nitrogens with one attached hydrogen (secondary N) is 2. The largest absolute Gasteiger partial charge is 0.383 e. The lowest BCUT2D eigenvalue weighted by Gasteiger charge is -2.12. The van der Waals surface area contributed by atoms with E-state index >= 15 is 0 Å². The predicted octanol–water partition coefficient (Wildman–Crippen LogP) is 2.68. The number of pyridine rings is 1. The summed E-state index contributed by atoms with van der Waals surface area (Å²) in [6.07, 6.45) is 1.81. The van der Waals surface area contributed by atoms with Gasteiger partial charge in [-0.2, -0.15) is 0 Å². The fourth-order valence-electron chi connectivity index (χ4n) is 2.05. The highest BCUT2D eigenvalue weighted by Crippen LogP contribution is 2.17. The predicted molar refractivity (Wildman–Crippen MR) is 105 cm³/mol. The average Bonchev–Trinajstić information content (AvgIpc) is 2.59. The Hall–Kier alpha value is -1.67. The van der Waals surface area contributed by atoms with E-state index in [1.165, 1.54) is 5.56 Å². The molecule has 0 atom stereocenters. The van der Waals surface area contributed by atoms with Crippen molar-refractivity contribution >= 4 is 29.9 Å². The molecule has 1 aromatic heterocycles. The minimum Gasteiger partial charge on any atom is -0.383 e. The van der Waals surface area contributed by atoms with Crippen LogP contribution >= 0.6 is 24.0 Å². The maximum Gasteiger partial charge on any atom is 0.191 e. The molecule has 0 aliphatic carbocycles. The Labute approximate surface area is 154 Å². The molecule has 1 heterocycles. The molecule has 0 radical (unpaired) electrons. The molecule has 2 N–H and O–H groups in total. The fourth-order valence-corrected chi connectivity index (χ4v) is 2.05. The third-order valence-corrected chi connectivity index (χ3v) is 3.17. The number of nitrogens with zero attached hydrogens (tertiary/aromatic N) is 2. The van der Waals surface area contributed by atoms with E-state index in [2.05, 4.69) is 38.8 Å². The van der Waals surface area contributed by atoms with Gasteiger partial charge in [0.15, 0.2) is 5.96 Å². The van der Waals surface area contributed by atoms with Crippen molar-refractivity contribution in [1.29, 1.82) is 0 Å². The van der Waals surface area contributed by atoms with E-state index in [0.29, 0.717) is 13.2 Å². The molecule has 0 unspecified atom stereocenters. The van der Waals surface area contributed by atoms with Crippen molar-refractivity contribution in [2.24, 2.45) is 4.99 Å². The number of halogens is 1. The Morgan fingerprint density at radius 3 is 2.74 bits per heavy atom. The van der Waals surface area contributed by atoms with Crippen molar-refractivity contribution in [1.82, 2.24) is 15.6 Å². The van der Waals surface area contributed by atoms with Gasteiger partial charge in [0.05, 0.1) is 12.3 Å². The third kappa shape index (κ3) is 6.54. The van der Waals surface area contributed by atoms with Crippen LogP contribution in [0.2, 0.25) is 0 Å². The standard InChI is InChI=1S/C17H22N4O.HI/c1-18-17(20-10-11-22-2)21-13-14-6-5-7-15(12-14)16-8-3-4-9-19-16;/h3-9,12H,10-11,13H2,1-2H3,(H2,18,20,21);1H. The van der Waals surface area contributed by atoms with Gasteiger partial charge in [-0.3, -0.25) is 9.98 Å². The summed E-state index contributed by atoms with van der Waals surface area (Å²) >= 11 is 0. The second-order valence-corrected chi connectivity index (χ2v) is 4.76. The Morgan fingerprint density at radius 1 is 1.17 bits per heavy atom. The molecule has 0 bridgehead atoms. The number of ether oxygens (including phenoxy) is 1. The van der Waals surface area contributed by atoms with E-state index in [9.17, 15) is 0 Å². The van der Waals surface area contributed by atoms with Gasteiger partial charge in [0.2, 0.25) is 0 Å². The zero-order valence-electron chi connectivity index (χ0n) is 13.5. The number of methoxy groups -OCH3 is 1. The lowest BCUT2D eigenvalue weighted by molar-refractivity contribution is 0.203. The highest BCUT2D eigenvalue weighted by atomic mass is 127. The SMILES string of the molecule is CN=C(NCCOC)NCc1cccc(-c2ccccn2)c1.I. The van der Waals surface area contributed by atoms with Gasteiger partial charge in [0.25, 0.3) is 0 Å². The minimum atomic E-state index is 0. The fraction of sp³-hybridized carbons (Fsp3) is 0.294. The number of hydrogen-bond donors (Lipinski definition) is 2. The van der Waals surface area contributed by atoms with Crippen LogP contribution in [-0.2, 0) is 11.3 Å². The molecule has 0 aliphatic rings. The Morgan fingerprint density at radius 2 is 2.04 bits per heavy atom. The van der Waals surface area contributed by atoms with Gasteiger partial charge in [-0.25, -0.2) is 0 Å². The lowest BCUT2D eigenvalue weighted by atomic mass is 10.1. The number of aliphatic imine (C=N–C) groups is 1. The van der Waals surface area contributed by atoms with E-state index in [-0.39, 0.29) is 24.0 Å². The molecule has 0 fully saturated rings. The maximum absolute atomic E-state index is 5.01. The zero-order valence-corrected chi connectivity index (χ0v) is 15.8. The van der Waals surface area contributed by atoms with Crippen LogP contribution in [0.4, 0.5) is 0 Å². The van der Waals surface area contributed by atoms with Gasteiger partial charge in [-0.05, 0) is 23.8 Å². The summed E-state index contributed by atoms with van der Waals surface area (Å²) in [7, 11) is 3.44. The van der Waals surface area contributed by atoms with Crippen LogP contribution in [0.15, 0.2) is 53.7 Å². The van der Waals surface area contributed by atoms with E-state index < -0.39 is 0 Å². The van der Waals surface area contributed by atoms with Crippen LogP contribution in [-0.4, -0.2) is 38.3 Å². The van der Waals surface area contributed by atoms with Crippen molar-refractivity contribution in [3.8, 4) is 11.3 Å². The van der Waals surface area contributed by atoms with Crippen LogP contribution in [0.5, 0.6) is 0 Å². The Balaban J connectivity index is 0.00000264. The summed E-state index contributed by atoms with van der Waals surface area (Å²) in [6.45, 7) is 2.08. The molecule has 23 heavy (non-hydrogen) atoms. The first-order valence-electron chi connectivity index (χ1n) is 7.27. The summed E-state index contributed by atoms with van der Waals surface area (Å²) in [5, 5.41) is 6.47. The second kappa shape index (κ2) is 11.0. The normalized spacial score (nSPS) is 10.8. The number of rotatable bonds is 6. The van der Waals surface area contributed by atoms with Crippen LogP contribution in [0.1, 0.15) is 5.56 Å². The van der Waals surface area contributed by atoms with Gasteiger partial charge >= 0.3 is 0 Å². The number of guanidine groups is 1. The van der Waals surface area contributed by atoms with Crippen LogP contribution in [0.25, 0.3) is 11.3 Å². The first-order chi connectivity index (χ1) is 10.8. The first kappa shape index (κ1) is 19.4. The summed E-state index contributed by atoms with van der Waals surface area (Å²) < 4.78 is 5.01. The maximum atomic E-state index is 5.01. The molecule has 5 nitrogen and oxygen atoms in total. The summed E-state index contributed by atoms with van der Waals surface area (Å²) in [5.41, 5.74) is 3.27. The third-order valence-electron chi connectivity index (χ3n) is 3.17. The molecule has 0 saturated carbocycles. The molecular weight excluding hydrogens is 403 g/mol. The van der Waals surface area contributed by atoms with Crippen molar-refractivity contribution < 1.29 is 4.74 Å².